The third-order valence-electron chi connectivity index (χ3n) is 6.75. The lowest BCUT2D eigenvalue weighted by Crippen LogP contribution is -2.63. The summed E-state index contributed by atoms with van der Waals surface area (Å²) in [4.78, 5) is 21.5. The molecule has 4 rings (SSSR count). The number of rotatable bonds is 7. The van der Waals surface area contributed by atoms with Crippen molar-refractivity contribution in [2.24, 2.45) is 5.92 Å². The van der Waals surface area contributed by atoms with Gasteiger partial charge in [-0.15, -0.1) is 5.11 Å². The number of aryl methyl sites for hydroxylation is 1. The van der Waals surface area contributed by atoms with Gasteiger partial charge < -0.3 is 9.64 Å². The Bertz CT molecular complexity index is 1170. The standard InChI is InChI=1S/C24H25B4N5O2/c1-4-20(35-21-10-9-15(2)14-29-21)19-13-16(3)23(25,24(26,27)28)32(19)22(34)17-7-5-6-8-18(17)33-30-11-12-31-33/h5-12,14,16,19-20H,4,13H2,1-3H3. The van der Waals surface area contributed by atoms with E-state index in [-0.39, 0.29) is 11.8 Å². The minimum atomic E-state index is -1.88. The van der Waals surface area contributed by atoms with E-state index >= 15 is 0 Å². The SMILES string of the molecule is [B]C([B])([B])C1([B])C(C)CC(C(CC)Oc2ccc(C)cn2)N1C(=O)c1ccccc1-n1nccn1. The molecule has 1 amide bonds. The first-order chi connectivity index (χ1) is 16.6. The van der Waals surface area contributed by atoms with E-state index in [0.717, 1.165) is 5.56 Å². The highest BCUT2D eigenvalue weighted by atomic mass is 16.5. The Balaban J connectivity index is 1.79. The summed E-state index contributed by atoms with van der Waals surface area (Å²) in [5, 5.41) is 6.49. The van der Waals surface area contributed by atoms with E-state index in [4.69, 9.17) is 36.1 Å². The van der Waals surface area contributed by atoms with E-state index in [2.05, 4.69) is 15.2 Å². The van der Waals surface area contributed by atoms with Crippen LogP contribution < -0.4 is 4.74 Å². The number of para-hydroxylation sites is 1. The first-order valence-corrected chi connectivity index (χ1v) is 11.6. The van der Waals surface area contributed by atoms with E-state index in [1.807, 2.05) is 26.8 Å². The van der Waals surface area contributed by atoms with E-state index in [9.17, 15) is 4.79 Å². The van der Waals surface area contributed by atoms with Crippen molar-refractivity contribution in [1.82, 2.24) is 24.9 Å². The zero-order valence-electron chi connectivity index (χ0n) is 20.2. The summed E-state index contributed by atoms with van der Waals surface area (Å²) in [6.07, 6.45) is 5.45. The van der Waals surface area contributed by atoms with Gasteiger partial charge in [0.15, 0.2) is 0 Å². The number of hydrogen-bond acceptors (Lipinski definition) is 5. The second-order valence-electron chi connectivity index (χ2n) is 9.21. The van der Waals surface area contributed by atoms with Gasteiger partial charge in [-0.2, -0.15) is 15.0 Å². The van der Waals surface area contributed by atoms with Gasteiger partial charge in [0.05, 0.1) is 53.2 Å². The molecule has 7 nitrogen and oxygen atoms in total. The summed E-state index contributed by atoms with van der Waals surface area (Å²) in [5.74, 6) is -0.257. The fourth-order valence-corrected chi connectivity index (χ4v) is 4.84. The third kappa shape index (κ3) is 4.53. The van der Waals surface area contributed by atoms with Gasteiger partial charge in [0.1, 0.15) is 14.0 Å². The Morgan fingerprint density at radius 3 is 2.49 bits per heavy atom. The van der Waals surface area contributed by atoms with E-state index in [1.54, 1.807) is 36.5 Å². The molecule has 0 spiro atoms. The predicted molar refractivity (Wildman–Crippen MR) is 137 cm³/mol. The van der Waals surface area contributed by atoms with Crippen LogP contribution in [0.1, 0.15) is 42.6 Å². The second-order valence-corrected chi connectivity index (χ2v) is 9.21. The normalized spacial score (nSPS) is 23.2. The molecule has 170 valence electrons. The molecule has 3 aromatic rings. The number of carbonyl (C=O) groups excluding carboxylic acids is 1. The number of pyridine rings is 1. The molecule has 4 atom stereocenters. The maximum Gasteiger partial charge on any atom is 0.256 e. The largest absolute Gasteiger partial charge is 0.472 e. The molecule has 2 aromatic heterocycles. The second kappa shape index (κ2) is 9.59. The Labute approximate surface area is 211 Å². The van der Waals surface area contributed by atoms with Crippen LogP contribution in [0, 0.1) is 12.8 Å². The maximum absolute atomic E-state index is 14.2. The van der Waals surface area contributed by atoms with Crippen molar-refractivity contribution >= 4 is 37.3 Å². The highest BCUT2D eigenvalue weighted by Crippen LogP contribution is 2.49. The minimum absolute atomic E-state index is 0.324. The van der Waals surface area contributed by atoms with E-state index in [0.29, 0.717) is 30.0 Å². The van der Waals surface area contributed by atoms with Crippen molar-refractivity contribution in [3.05, 3.63) is 66.1 Å². The van der Waals surface area contributed by atoms with Crippen molar-refractivity contribution in [2.75, 3.05) is 0 Å². The predicted octanol–water partition coefficient (Wildman–Crippen LogP) is 2.12. The lowest BCUT2D eigenvalue weighted by Gasteiger charge is -2.52. The molecule has 3 heterocycles. The Kier molecular flexibility index (Phi) is 6.89. The highest BCUT2D eigenvalue weighted by Gasteiger charge is 2.56. The van der Waals surface area contributed by atoms with Crippen molar-refractivity contribution in [1.29, 1.82) is 0 Å². The molecular formula is C24H25B4N5O2. The smallest absolute Gasteiger partial charge is 0.256 e. The number of hydrogen-bond donors (Lipinski definition) is 0. The number of ether oxygens (including phenoxy) is 1. The van der Waals surface area contributed by atoms with Gasteiger partial charge >= 0.3 is 0 Å². The molecule has 4 unspecified atom stereocenters. The van der Waals surface area contributed by atoms with E-state index in [1.165, 1.54) is 22.1 Å². The summed E-state index contributed by atoms with van der Waals surface area (Å²) in [5.41, 5.74) is 0.288. The van der Waals surface area contributed by atoms with Gasteiger partial charge in [-0.1, -0.05) is 32.0 Å². The van der Waals surface area contributed by atoms with Crippen LogP contribution in [0.2, 0.25) is 5.11 Å². The average molecular weight is 459 g/mol. The molecule has 35 heavy (non-hydrogen) atoms. The topological polar surface area (TPSA) is 73.1 Å². The zero-order chi connectivity index (χ0) is 25.4. The fourth-order valence-electron chi connectivity index (χ4n) is 4.84. The summed E-state index contributed by atoms with van der Waals surface area (Å²) < 4.78 is 6.26. The number of likely N-dealkylation sites (tertiary alicyclic amines) is 1. The summed E-state index contributed by atoms with van der Waals surface area (Å²) in [7, 11) is 25.5. The van der Waals surface area contributed by atoms with Gasteiger partial charge in [0.2, 0.25) is 5.88 Å². The first kappa shape index (κ1) is 25.1. The molecular weight excluding hydrogens is 434 g/mol. The van der Waals surface area contributed by atoms with Gasteiger partial charge in [-0.25, -0.2) is 4.98 Å². The lowest BCUT2D eigenvalue weighted by atomic mass is 9.29. The molecule has 8 radical (unpaired) electrons. The van der Waals surface area contributed by atoms with Crippen molar-refractivity contribution in [3.63, 3.8) is 0 Å². The van der Waals surface area contributed by atoms with Crippen LogP contribution >= 0.6 is 0 Å². The van der Waals surface area contributed by atoms with E-state index < -0.39 is 22.7 Å². The molecule has 1 aliphatic heterocycles. The molecule has 1 saturated heterocycles. The maximum atomic E-state index is 14.2. The Hall–Kier alpha value is -2.96. The lowest BCUT2D eigenvalue weighted by molar-refractivity contribution is 0.0372. The Morgan fingerprint density at radius 1 is 1.20 bits per heavy atom. The molecule has 1 fully saturated rings. The molecule has 0 aliphatic carbocycles. The molecule has 1 aromatic carbocycles. The number of nitrogens with zero attached hydrogens (tertiary/aromatic N) is 5. The van der Waals surface area contributed by atoms with Crippen molar-refractivity contribution in [3.8, 4) is 11.6 Å². The molecule has 0 saturated carbocycles. The van der Waals surface area contributed by atoms with Crippen LogP contribution in [-0.2, 0) is 0 Å². The highest BCUT2D eigenvalue weighted by molar-refractivity contribution is 6.62. The fraction of sp³-hybridized carbons (Fsp3) is 0.417. The quantitative estimate of drug-likeness (QED) is 0.507. The first-order valence-electron chi connectivity index (χ1n) is 11.6. The number of amides is 1. The Morgan fingerprint density at radius 2 is 1.89 bits per heavy atom. The number of benzene rings is 1. The van der Waals surface area contributed by atoms with Crippen molar-refractivity contribution in [2.45, 2.75) is 56.3 Å². The zero-order valence-corrected chi connectivity index (χ0v) is 20.2. The molecule has 1 aliphatic rings. The minimum Gasteiger partial charge on any atom is -0.472 e. The number of aromatic nitrogens is 4. The monoisotopic (exact) mass is 459 g/mol. The van der Waals surface area contributed by atoms with Crippen LogP contribution in [0.4, 0.5) is 0 Å². The van der Waals surface area contributed by atoms with Gasteiger partial charge in [-0.3, -0.25) is 4.79 Å². The van der Waals surface area contributed by atoms with Crippen LogP contribution in [0.5, 0.6) is 5.88 Å². The molecule has 11 heteroatoms. The van der Waals surface area contributed by atoms with Crippen LogP contribution in [-0.4, -0.2) is 79.8 Å². The average Bonchev–Trinajstić information content (AvgIpc) is 3.45. The van der Waals surface area contributed by atoms with Crippen LogP contribution in [0.15, 0.2) is 55.0 Å². The molecule has 0 bridgehead atoms. The van der Waals surface area contributed by atoms with Gasteiger partial charge in [0, 0.05) is 12.3 Å². The third-order valence-corrected chi connectivity index (χ3v) is 6.75. The number of carbonyl (C=O) groups is 1. The summed E-state index contributed by atoms with van der Waals surface area (Å²) in [6.45, 7) is 5.81. The molecule has 0 N–H and O–H groups in total. The summed E-state index contributed by atoms with van der Waals surface area (Å²) in [6, 6.07) is 10.3. The summed E-state index contributed by atoms with van der Waals surface area (Å²) >= 11 is 0. The van der Waals surface area contributed by atoms with Gasteiger partial charge in [0.25, 0.3) is 5.91 Å². The van der Waals surface area contributed by atoms with Crippen LogP contribution in [0.3, 0.4) is 0 Å². The van der Waals surface area contributed by atoms with Gasteiger partial charge in [-0.05, 0) is 48.8 Å². The van der Waals surface area contributed by atoms with Crippen LogP contribution in [0.25, 0.3) is 5.69 Å². The van der Waals surface area contributed by atoms with Crippen molar-refractivity contribution < 1.29 is 9.53 Å².